The molecule has 0 saturated carbocycles. The summed E-state index contributed by atoms with van der Waals surface area (Å²) in [7, 11) is 0. The van der Waals surface area contributed by atoms with Gasteiger partial charge < -0.3 is 0 Å². The molecule has 0 unspecified atom stereocenters. The average Bonchev–Trinajstić information content (AvgIpc) is 2.39. The highest BCUT2D eigenvalue weighted by Gasteiger charge is 2.27. The Morgan fingerprint density at radius 3 is 1.47 bits per heavy atom. The highest BCUT2D eigenvalue weighted by molar-refractivity contribution is 8.21. The van der Waals surface area contributed by atoms with Crippen LogP contribution in [0.5, 0.6) is 0 Å². The highest BCUT2D eigenvalue weighted by atomic mass is 32.4. The summed E-state index contributed by atoms with van der Waals surface area (Å²) in [5.41, 5.74) is 0.237. The van der Waals surface area contributed by atoms with Crippen LogP contribution in [0.2, 0.25) is 0 Å². The van der Waals surface area contributed by atoms with Gasteiger partial charge in [0.15, 0.2) is 0 Å². The minimum Gasteiger partial charge on any atom is -0.0876 e. The lowest BCUT2D eigenvalue weighted by molar-refractivity contribution is 0.478. The molecule has 0 heterocycles. The first kappa shape index (κ1) is 14.5. The molecule has 0 fully saturated rings. The number of hydrogen-bond donors (Lipinski definition) is 0. The van der Waals surface area contributed by atoms with Crippen LogP contribution >= 0.6 is 6.04 Å². The molecule has 0 aliphatic rings. The van der Waals surface area contributed by atoms with Crippen LogP contribution in [0.15, 0.2) is 60.7 Å². The molecule has 0 bridgehead atoms. The first-order valence-electron chi connectivity index (χ1n) is 6.62. The average molecular weight is 288 g/mol. The first-order valence-corrected chi connectivity index (χ1v) is 9.61. The van der Waals surface area contributed by atoms with Gasteiger partial charge in [-0.2, -0.15) is 0 Å². The van der Waals surface area contributed by atoms with Crippen molar-refractivity contribution in [2.75, 3.05) is 6.16 Å². The van der Waals surface area contributed by atoms with Gasteiger partial charge in [0.25, 0.3) is 0 Å². The Balaban J connectivity index is 2.55. The van der Waals surface area contributed by atoms with E-state index in [1.54, 1.807) is 0 Å². The van der Waals surface area contributed by atoms with E-state index >= 15 is 0 Å². The van der Waals surface area contributed by atoms with Crippen molar-refractivity contribution in [1.29, 1.82) is 0 Å². The number of hydrogen-bond acceptors (Lipinski definition) is 1. The van der Waals surface area contributed by atoms with Crippen LogP contribution in [0.25, 0.3) is 0 Å². The molecular weight excluding hydrogens is 267 g/mol. The third kappa shape index (κ3) is 3.55. The van der Waals surface area contributed by atoms with Crippen molar-refractivity contribution < 1.29 is 0 Å². The van der Waals surface area contributed by atoms with Crippen LogP contribution in [-0.4, -0.2) is 6.16 Å². The van der Waals surface area contributed by atoms with Crippen LogP contribution in [0.4, 0.5) is 0 Å². The molecule has 0 N–H and O–H groups in total. The van der Waals surface area contributed by atoms with Gasteiger partial charge in [0, 0.05) is 6.04 Å². The topological polar surface area (TPSA) is 0 Å². The van der Waals surface area contributed by atoms with Crippen molar-refractivity contribution in [3.05, 3.63) is 60.7 Å². The van der Waals surface area contributed by atoms with Gasteiger partial charge in [-0.3, -0.25) is 0 Å². The molecule has 0 spiro atoms. The zero-order valence-electron chi connectivity index (χ0n) is 11.8. The van der Waals surface area contributed by atoms with E-state index in [9.17, 15) is 0 Å². The minimum absolute atomic E-state index is 0.237. The zero-order valence-corrected chi connectivity index (χ0v) is 13.5. The lowest BCUT2D eigenvalue weighted by atomic mass is 10.0. The molecule has 0 atom stereocenters. The van der Waals surface area contributed by atoms with Gasteiger partial charge in [0.05, 0.1) is 0 Å². The maximum absolute atomic E-state index is 6.19. The molecule has 0 radical (unpaired) electrons. The van der Waals surface area contributed by atoms with Crippen molar-refractivity contribution in [3.63, 3.8) is 0 Å². The Bertz CT molecular complexity index is 524. The van der Waals surface area contributed by atoms with Crippen LogP contribution < -0.4 is 10.6 Å². The molecule has 0 aliphatic heterocycles. The van der Waals surface area contributed by atoms with Crippen molar-refractivity contribution in [2.45, 2.75) is 20.8 Å². The monoisotopic (exact) mass is 288 g/mol. The fourth-order valence-electron chi connectivity index (χ4n) is 2.34. The Labute approximate surface area is 121 Å². The van der Waals surface area contributed by atoms with Gasteiger partial charge in [-0.05, 0) is 22.2 Å². The SMILES string of the molecule is CC(C)(C)CP(=S)(c1ccccc1)c1ccccc1. The van der Waals surface area contributed by atoms with Crippen molar-refractivity contribution in [1.82, 2.24) is 0 Å². The van der Waals surface area contributed by atoms with E-state index in [1.165, 1.54) is 10.6 Å². The van der Waals surface area contributed by atoms with Crippen molar-refractivity contribution in [2.24, 2.45) is 5.41 Å². The van der Waals surface area contributed by atoms with Gasteiger partial charge in [0.2, 0.25) is 0 Å². The molecule has 0 saturated heterocycles. The van der Waals surface area contributed by atoms with E-state index in [-0.39, 0.29) is 5.41 Å². The second-order valence-corrected chi connectivity index (χ2v) is 10.8. The third-order valence-corrected chi connectivity index (χ3v) is 8.35. The summed E-state index contributed by atoms with van der Waals surface area (Å²) in [5, 5.41) is 2.65. The third-order valence-electron chi connectivity index (χ3n) is 3.04. The highest BCUT2D eigenvalue weighted by Crippen LogP contribution is 2.48. The van der Waals surface area contributed by atoms with E-state index in [0.717, 1.165) is 6.16 Å². The van der Waals surface area contributed by atoms with Crippen LogP contribution in [0.1, 0.15) is 20.8 Å². The Kier molecular flexibility index (Phi) is 4.28. The molecule has 2 aromatic carbocycles. The summed E-state index contributed by atoms with van der Waals surface area (Å²) in [4.78, 5) is 0. The molecule has 2 aromatic rings. The number of rotatable bonds is 3. The summed E-state index contributed by atoms with van der Waals surface area (Å²) in [5.74, 6) is 0. The Hall–Kier alpha value is -0.910. The van der Waals surface area contributed by atoms with Crippen LogP contribution in [-0.2, 0) is 11.8 Å². The van der Waals surface area contributed by atoms with E-state index in [4.69, 9.17) is 11.8 Å². The van der Waals surface area contributed by atoms with E-state index in [0.29, 0.717) is 0 Å². The van der Waals surface area contributed by atoms with Gasteiger partial charge in [-0.1, -0.05) is 93.2 Å². The summed E-state index contributed by atoms with van der Waals surface area (Å²) < 4.78 is 0. The normalized spacial score (nSPS) is 12.4. The quantitative estimate of drug-likeness (QED) is 0.764. The smallest absolute Gasteiger partial charge is 0.0111 e. The predicted molar refractivity (Wildman–Crippen MR) is 90.8 cm³/mol. The molecule has 2 rings (SSSR count). The minimum atomic E-state index is -1.71. The molecule has 0 nitrogen and oxygen atoms in total. The van der Waals surface area contributed by atoms with E-state index < -0.39 is 6.04 Å². The second kappa shape index (κ2) is 5.61. The Morgan fingerprint density at radius 2 is 1.16 bits per heavy atom. The molecule has 100 valence electrons. The largest absolute Gasteiger partial charge is 0.0876 e. The lowest BCUT2D eigenvalue weighted by Crippen LogP contribution is -2.24. The number of benzene rings is 2. The summed E-state index contributed by atoms with van der Waals surface area (Å²) in [6, 6.07) is 19.6. The maximum atomic E-state index is 6.19. The molecule has 0 aliphatic carbocycles. The van der Waals surface area contributed by atoms with Crippen molar-refractivity contribution >= 4 is 28.5 Å². The summed E-state index contributed by atoms with van der Waals surface area (Å²) in [6.45, 7) is 6.83. The predicted octanol–water partition coefficient (Wildman–Crippen LogP) is 4.16. The van der Waals surface area contributed by atoms with Gasteiger partial charge in [-0.15, -0.1) is 0 Å². The van der Waals surface area contributed by atoms with Gasteiger partial charge in [-0.25, -0.2) is 0 Å². The van der Waals surface area contributed by atoms with Gasteiger partial charge >= 0.3 is 0 Å². The standard InChI is InChI=1S/C17H21PS/c1-17(2,3)14-18(19,15-10-6-4-7-11-15)16-12-8-5-9-13-16/h4-13H,14H2,1-3H3. The molecule has 0 amide bonds. The molecule has 2 heteroatoms. The second-order valence-electron chi connectivity index (χ2n) is 6.13. The fraction of sp³-hybridized carbons (Fsp3) is 0.294. The summed E-state index contributed by atoms with van der Waals surface area (Å²) >= 11 is 6.19. The lowest BCUT2D eigenvalue weighted by Gasteiger charge is -2.30. The molecule has 19 heavy (non-hydrogen) atoms. The Morgan fingerprint density at radius 1 is 0.789 bits per heavy atom. The zero-order chi connectivity index (χ0) is 13.9. The molecular formula is C17H21PS. The van der Waals surface area contributed by atoms with Crippen LogP contribution in [0, 0.1) is 5.41 Å². The van der Waals surface area contributed by atoms with E-state index in [1.807, 2.05) is 0 Å². The first-order chi connectivity index (χ1) is 8.92. The van der Waals surface area contributed by atoms with Crippen molar-refractivity contribution in [3.8, 4) is 0 Å². The van der Waals surface area contributed by atoms with Crippen LogP contribution in [0.3, 0.4) is 0 Å². The van der Waals surface area contributed by atoms with E-state index in [2.05, 4.69) is 81.4 Å². The fourth-order valence-corrected chi connectivity index (χ4v) is 7.54. The van der Waals surface area contributed by atoms with Gasteiger partial charge in [0.1, 0.15) is 0 Å². The maximum Gasteiger partial charge on any atom is 0.0111 e. The molecule has 0 aromatic heterocycles. The summed E-state index contributed by atoms with van der Waals surface area (Å²) in [6.07, 6.45) is 1.06.